The molecule has 5 rings (SSSR count). The number of likely N-dealkylation sites (tertiary alicyclic amines) is 1. The number of aromatic nitrogens is 2. The summed E-state index contributed by atoms with van der Waals surface area (Å²) in [6.45, 7) is 2.49. The number of amides is 1. The van der Waals surface area contributed by atoms with Crippen molar-refractivity contribution in [3.8, 4) is 11.3 Å². The maximum atomic E-state index is 13.6. The van der Waals surface area contributed by atoms with Gasteiger partial charge in [-0.1, -0.05) is 12.1 Å². The van der Waals surface area contributed by atoms with Crippen LogP contribution >= 0.6 is 0 Å². The summed E-state index contributed by atoms with van der Waals surface area (Å²) in [6.07, 6.45) is 4.68. The molecule has 1 aromatic carbocycles. The Hall–Kier alpha value is -2.21. The Morgan fingerprint density at radius 3 is 3.00 bits per heavy atom. The molecule has 1 spiro atoms. The van der Waals surface area contributed by atoms with E-state index in [2.05, 4.69) is 9.55 Å². The van der Waals surface area contributed by atoms with Crippen molar-refractivity contribution in [1.29, 1.82) is 0 Å². The highest BCUT2D eigenvalue weighted by atomic mass is 19.1. The van der Waals surface area contributed by atoms with Gasteiger partial charge in [0.25, 0.3) is 0 Å². The van der Waals surface area contributed by atoms with E-state index in [0.29, 0.717) is 19.7 Å². The minimum atomic E-state index is -0.347. The molecule has 1 saturated carbocycles. The summed E-state index contributed by atoms with van der Waals surface area (Å²) >= 11 is 0. The molecule has 25 heavy (non-hydrogen) atoms. The van der Waals surface area contributed by atoms with Crippen molar-refractivity contribution in [3.63, 3.8) is 0 Å². The number of halogens is 1. The summed E-state index contributed by atoms with van der Waals surface area (Å²) in [5, 5.41) is 0. The van der Waals surface area contributed by atoms with E-state index in [9.17, 15) is 9.18 Å². The fourth-order valence-corrected chi connectivity index (χ4v) is 4.00. The smallest absolute Gasteiger partial charge is 0.225 e. The second kappa shape index (κ2) is 5.39. The van der Waals surface area contributed by atoms with Gasteiger partial charge in [0.2, 0.25) is 5.91 Å². The van der Waals surface area contributed by atoms with Crippen LogP contribution in [0.3, 0.4) is 0 Å². The van der Waals surface area contributed by atoms with Crippen molar-refractivity contribution in [3.05, 3.63) is 42.1 Å². The van der Waals surface area contributed by atoms with E-state index in [-0.39, 0.29) is 23.2 Å². The zero-order chi connectivity index (χ0) is 17.0. The van der Waals surface area contributed by atoms with Crippen LogP contribution in [-0.4, -0.2) is 39.0 Å². The number of imidazole rings is 1. The Bertz CT molecular complexity index is 845. The lowest BCUT2D eigenvalue weighted by molar-refractivity contribution is -0.134. The van der Waals surface area contributed by atoms with E-state index in [1.807, 2.05) is 11.0 Å². The highest BCUT2D eigenvalue weighted by molar-refractivity contribution is 5.81. The Labute approximate surface area is 145 Å². The first kappa shape index (κ1) is 15.1. The van der Waals surface area contributed by atoms with Gasteiger partial charge < -0.3 is 14.2 Å². The van der Waals surface area contributed by atoms with E-state index in [4.69, 9.17) is 4.74 Å². The van der Waals surface area contributed by atoms with Crippen molar-refractivity contribution < 1.29 is 13.9 Å². The highest BCUT2D eigenvalue weighted by Gasteiger charge is 2.46. The molecule has 2 aliphatic heterocycles. The van der Waals surface area contributed by atoms with Gasteiger partial charge in [-0.25, -0.2) is 9.37 Å². The average molecular weight is 341 g/mol. The summed E-state index contributed by atoms with van der Waals surface area (Å²) in [5.41, 5.74) is 1.38. The topological polar surface area (TPSA) is 47.4 Å². The zero-order valence-electron chi connectivity index (χ0n) is 13.9. The summed E-state index contributed by atoms with van der Waals surface area (Å²) < 4.78 is 21.9. The number of benzene rings is 1. The first-order chi connectivity index (χ1) is 12.1. The standard InChI is InChI=1S/C19H20FN3O2/c20-15-3-1-2-14(8-15)16-9-21-17-10-25-19(12-23(16)17)6-7-22(11-19)18(24)13-4-5-13/h1-3,8-9,13H,4-7,10-12H2/t19-/m0/s1. The number of rotatable bonds is 2. The SMILES string of the molecule is O=C(C1CC1)N1CC[C@]2(C1)Cn1c(-c3cccc(F)c3)cnc1CO2. The first-order valence-corrected chi connectivity index (χ1v) is 8.87. The Morgan fingerprint density at radius 2 is 2.20 bits per heavy atom. The third-order valence-corrected chi connectivity index (χ3v) is 5.57. The van der Waals surface area contributed by atoms with Crippen LogP contribution in [0.4, 0.5) is 4.39 Å². The summed E-state index contributed by atoms with van der Waals surface area (Å²) in [4.78, 5) is 18.8. The van der Waals surface area contributed by atoms with E-state index in [1.54, 1.807) is 12.3 Å². The van der Waals surface area contributed by atoms with Gasteiger partial charge >= 0.3 is 0 Å². The van der Waals surface area contributed by atoms with E-state index in [1.165, 1.54) is 12.1 Å². The molecule has 0 unspecified atom stereocenters. The van der Waals surface area contributed by atoms with Crippen LogP contribution in [0.25, 0.3) is 11.3 Å². The molecule has 1 amide bonds. The summed E-state index contributed by atoms with van der Waals surface area (Å²) in [5.74, 6) is 1.13. The summed E-state index contributed by atoms with van der Waals surface area (Å²) in [6, 6.07) is 6.59. The monoisotopic (exact) mass is 341 g/mol. The van der Waals surface area contributed by atoms with E-state index >= 15 is 0 Å². The Kier molecular flexibility index (Phi) is 3.25. The van der Waals surface area contributed by atoms with Crippen LogP contribution in [0.2, 0.25) is 0 Å². The molecule has 3 aliphatic rings. The van der Waals surface area contributed by atoms with Gasteiger partial charge in [-0.2, -0.15) is 0 Å². The highest BCUT2D eigenvalue weighted by Crippen LogP contribution is 2.38. The van der Waals surface area contributed by atoms with Crippen molar-refractivity contribution in [2.45, 2.75) is 38.0 Å². The average Bonchev–Trinajstić information content (AvgIpc) is 3.26. The minimum absolute atomic E-state index is 0.241. The molecular weight excluding hydrogens is 321 g/mol. The normalized spacial score (nSPS) is 25.4. The second-order valence-corrected chi connectivity index (χ2v) is 7.41. The number of carbonyl (C=O) groups excluding carboxylic acids is 1. The van der Waals surface area contributed by atoms with Gasteiger partial charge in [-0.15, -0.1) is 0 Å². The number of ether oxygens (including phenoxy) is 1. The number of carbonyl (C=O) groups is 1. The fourth-order valence-electron chi connectivity index (χ4n) is 4.00. The van der Waals surface area contributed by atoms with Crippen LogP contribution in [-0.2, 0) is 22.7 Å². The van der Waals surface area contributed by atoms with E-state index in [0.717, 1.165) is 42.9 Å². The number of hydrogen-bond acceptors (Lipinski definition) is 3. The second-order valence-electron chi connectivity index (χ2n) is 7.41. The third-order valence-electron chi connectivity index (χ3n) is 5.57. The molecular formula is C19H20FN3O2. The number of fused-ring (bicyclic) bond motifs is 1. The molecule has 0 N–H and O–H groups in total. The molecule has 1 saturated heterocycles. The van der Waals surface area contributed by atoms with Crippen LogP contribution in [0.15, 0.2) is 30.5 Å². The Morgan fingerprint density at radius 1 is 1.32 bits per heavy atom. The van der Waals surface area contributed by atoms with E-state index < -0.39 is 0 Å². The molecule has 2 fully saturated rings. The largest absolute Gasteiger partial charge is 0.363 e. The van der Waals surface area contributed by atoms with Crippen LogP contribution in [0, 0.1) is 11.7 Å². The van der Waals surface area contributed by atoms with Gasteiger partial charge in [0, 0.05) is 18.0 Å². The quantitative estimate of drug-likeness (QED) is 0.844. The predicted octanol–water partition coefficient (Wildman–Crippen LogP) is 2.60. The molecule has 0 bridgehead atoms. The maximum absolute atomic E-state index is 13.6. The van der Waals surface area contributed by atoms with Gasteiger partial charge in [0.1, 0.15) is 23.8 Å². The molecule has 1 aromatic heterocycles. The molecule has 1 atom stereocenters. The molecule has 0 radical (unpaired) electrons. The van der Waals surface area contributed by atoms with Crippen molar-refractivity contribution in [1.82, 2.24) is 14.5 Å². The molecule has 130 valence electrons. The zero-order valence-corrected chi connectivity index (χ0v) is 13.9. The lowest BCUT2D eigenvalue weighted by Gasteiger charge is -2.35. The summed E-state index contributed by atoms with van der Waals surface area (Å²) in [7, 11) is 0. The maximum Gasteiger partial charge on any atom is 0.225 e. The lowest BCUT2D eigenvalue weighted by Crippen LogP contribution is -2.45. The minimum Gasteiger partial charge on any atom is -0.363 e. The van der Waals surface area contributed by atoms with Crippen LogP contribution in [0.1, 0.15) is 25.1 Å². The molecule has 6 heteroatoms. The molecule has 3 heterocycles. The van der Waals surface area contributed by atoms with Gasteiger partial charge in [0.05, 0.1) is 25.0 Å². The molecule has 1 aliphatic carbocycles. The molecule has 5 nitrogen and oxygen atoms in total. The predicted molar refractivity (Wildman–Crippen MR) is 89.1 cm³/mol. The lowest BCUT2D eigenvalue weighted by atomic mass is 10.0. The number of nitrogens with zero attached hydrogens (tertiary/aromatic N) is 3. The van der Waals surface area contributed by atoms with Gasteiger partial charge in [-0.3, -0.25) is 4.79 Å². The van der Waals surface area contributed by atoms with Crippen molar-refractivity contribution in [2.75, 3.05) is 13.1 Å². The van der Waals surface area contributed by atoms with Crippen LogP contribution in [0.5, 0.6) is 0 Å². The molecule has 2 aromatic rings. The fraction of sp³-hybridized carbons (Fsp3) is 0.474. The van der Waals surface area contributed by atoms with Crippen LogP contribution < -0.4 is 0 Å². The Balaban J connectivity index is 1.43. The van der Waals surface area contributed by atoms with Crippen molar-refractivity contribution >= 4 is 5.91 Å². The van der Waals surface area contributed by atoms with Gasteiger partial charge in [0.15, 0.2) is 0 Å². The van der Waals surface area contributed by atoms with Gasteiger partial charge in [-0.05, 0) is 31.4 Å². The number of hydrogen-bond donors (Lipinski definition) is 0. The van der Waals surface area contributed by atoms with Crippen molar-refractivity contribution in [2.24, 2.45) is 5.92 Å². The first-order valence-electron chi connectivity index (χ1n) is 8.87. The third kappa shape index (κ3) is 2.56.